The summed E-state index contributed by atoms with van der Waals surface area (Å²) in [5.41, 5.74) is 2.08. The van der Waals surface area contributed by atoms with Gasteiger partial charge in [-0.2, -0.15) is 0 Å². The van der Waals surface area contributed by atoms with Crippen molar-refractivity contribution < 1.29 is 9.59 Å². The highest BCUT2D eigenvalue weighted by molar-refractivity contribution is 6.31. The average molecular weight is 432 g/mol. The lowest BCUT2D eigenvalue weighted by Crippen LogP contribution is -2.46. The van der Waals surface area contributed by atoms with Crippen molar-refractivity contribution in [2.75, 3.05) is 13.1 Å². The molecule has 0 saturated carbocycles. The van der Waals surface area contributed by atoms with E-state index in [1.165, 1.54) is 0 Å². The van der Waals surface area contributed by atoms with Gasteiger partial charge in [0, 0.05) is 42.5 Å². The van der Waals surface area contributed by atoms with Gasteiger partial charge in [0.1, 0.15) is 0 Å². The second kappa shape index (κ2) is 11.2. The third kappa shape index (κ3) is 6.63. The first-order chi connectivity index (χ1) is 14.2. The van der Waals surface area contributed by atoms with Gasteiger partial charge in [-0.1, -0.05) is 50.6 Å². The molecule has 0 bridgehead atoms. The monoisotopic (exact) mass is 431 g/mol. The van der Waals surface area contributed by atoms with Gasteiger partial charge in [-0.05, 0) is 43.5 Å². The largest absolute Gasteiger partial charge is 0.345 e. The molecule has 1 aromatic carbocycles. The molecule has 0 aliphatic heterocycles. The minimum absolute atomic E-state index is 0.00458. The highest BCUT2D eigenvalue weighted by Gasteiger charge is 2.23. The summed E-state index contributed by atoms with van der Waals surface area (Å²) in [5.74, 6) is 0.310. The van der Waals surface area contributed by atoms with Crippen LogP contribution in [0.2, 0.25) is 5.02 Å². The second-order valence-corrected chi connectivity index (χ2v) is 8.76. The quantitative estimate of drug-likeness (QED) is 0.541. The van der Waals surface area contributed by atoms with Gasteiger partial charge < -0.3 is 14.4 Å². The number of amides is 2. The normalized spacial score (nSPS) is 11.2. The molecular formula is C24H34ClN3O2. The Morgan fingerprint density at radius 3 is 2.33 bits per heavy atom. The first-order valence-corrected chi connectivity index (χ1v) is 11.0. The van der Waals surface area contributed by atoms with E-state index >= 15 is 0 Å². The SMILES string of the molecule is CCC(=O)N(CC(=O)N(Cc1cccn1Cc1ccccc1Cl)CC(C)C)C(C)C. The predicted molar refractivity (Wildman–Crippen MR) is 122 cm³/mol. The molecular weight excluding hydrogens is 398 g/mol. The highest BCUT2D eigenvalue weighted by atomic mass is 35.5. The standard InChI is InChI=1S/C24H34ClN3O2/c1-6-23(29)28(19(4)5)17-24(30)27(14-18(2)3)16-21-11-9-13-26(21)15-20-10-7-8-12-22(20)25/h7-13,18-19H,6,14-17H2,1-5H3. The Bertz CT molecular complexity index is 844. The van der Waals surface area contributed by atoms with Crippen molar-refractivity contribution in [2.24, 2.45) is 5.92 Å². The molecule has 2 aromatic rings. The van der Waals surface area contributed by atoms with Gasteiger partial charge in [-0.3, -0.25) is 9.59 Å². The minimum Gasteiger partial charge on any atom is -0.345 e. The molecule has 30 heavy (non-hydrogen) atoms. The molecule has 1 aromatic heterocycles. The fourth-order valence-corrected chi connectivity index (χ4v) is 3.65. The summed E-state index contributed by atoms with van der Waals surface area (Å²) < 4.78 is 2.12. The van der Waals surface area contributed by atoms with E-state index < -0.39 is 0 Å². The molecule has 2 rings (SSSR count). The summed E-state index contributed by atoms with van der Waals surface area (Å²) in [6.45, 7) is 11.8. The van der Waals surface area contributed by atoms with E-state index in [4.69, 9.17) is 11.6 Å². The summed E-state index contributed by atoms with van der Waals surface area (Å²) >= 11 is 6.33. The van der Waals surface area contributed by atoms with Crippen LogP contribution in [-0.2, 0) is 22.7 Å². The van der Waals surface area contributed by atoms with Gasteiger partial charge in [-0.15, -0.1) is 0 Å². The number of aromatic nitrogens is 1. The van der Waals surface area contributed by atoms with Crippen molar-refractivity contribution in [3.63, 3.8) is 0 Å². The third-order valence-electron chi connectivity index (χ3n) is 5.06. The van der Waals surface area contributed by atoms with Gasteiger partial charge >= 0.3 is 0 Å². The Hall–Kier alpha value is -2.27. The smallest absolute Gasteiger partial charge is 0.242 e. The number of hydrogen-bond acceptors (Lipinski definition) is 2. The summed E-state index contributed by atoms with van der Waals surface area (Å²) in [5, 5.41) is 0.734. The Morgan fingerprint density at radius 1 is 1.03 bits per heavy atom. The fourth-order valence-electron chi connectivity index (χ4n) is 3.46. The van der Waals surface area contributed by atoms with E-state index in [1.54, 1.807) is 4.90 Å². The molecule has 0 saturated heterocycles. The maximum Gasteiger partial charge on any atom is 0.242 e. The maximum absolute atomic E-state index is 13.2. The predicted octanol–water partition coefficient (Wildman–Crippen LogP) is 4.82. The molecule has 0 fully saturated rings. The number of nitrogens with zero attached hydrogens (tertiary/aromatic N) is 3. The Labute approximate surface area is 185 Å². The Kier molecular flexibility index (Phi) is 8.97. The number of halogens is 1. The summed E-state index contributed by atoms with van der Waals surface area (Å²) in [6.07, 6.45) is 2.41. The summed E-state index contributed by atoms with van der Waals surface area (Å²) in [7, 11) is 0. The minimum atomic E-state index is -0.0234. The summed E-state index contributed by atoms with van der Waals surface area (Å²) in [4.78, 5) is 29.0. The van der Waals surface area contributed by atoms with Crippen LogP contribution in [0.15, 0.2) is 42.6 Å². The zero-order chi connectivity index (χ0) is 22.3. The number of hydrogen-bond donors (Lipinski definition) is 0. The van der Waals surface area contributed by atoms with Crippen LogP contribution in [0.25, 0.3) is 0 Å². The fraction of sp³-hybridized carbons (Fsp3) is 0.500. The lowest BCUT2D eigenvalue weighted by molar-refractivity contribution is -0.142. The van der Waals surface area contributed by atoms with Crippen molar-refractivity contribution in [2.45, 2.75) is 60.2 Å². The first-order valence-electron chi connectivity index (χ1n) is 10.7. The van der Waals surface area contributed by atoms with Crippen LogP contribution in [0.1, 0.15) is 52.3 Å². The average Bonchev–Trinajstić information content (AvgIpc) is 3.12. The van der Waals surface area contributed by atoms with Crippen LogP contribution in [0, 0.1) is 5.92 Å². The van der Waals surface area contributed by atoms with Crippen LogP contribution in [0.5, 0.6) is 0 Å². The number of rotatable bonds is 10. The molecule has 164 valence electrons. The van der Waals surface area contributed by atoms with Gasteiger partial charge in [0.05, 0.1) is 13.1 Å². The van der Waals surface area contributed by atoms with E-state index in [-0.39, 0.29) is 24.4 Å². The van der Waals surface area contributed by atoms with Gasteiger partial charge in [-0.25, -0.2) is 0 Å². The molecule has 0 atom stereocenters. The highest BCUT2D eigenvalue weighted by Crippen LogP contribution is 2.18. The molecule has 0 spiro atoms. The first kappa shape index (κ1) is 24.0. The third-order valence-corrected chi connectivity index (χ3v) is 5.43. The van der Waals surface area contributed by atoms with Crippen LogP contribution in [-0.4, -0.2) is 45.3 Å². The number of carbonyl (C=O) groups is 2. The van der Waals surface area contributed by atoms with Gasteiger partial charge in [0.25, 0.3) is 0 Å². The van der Waals surface area contributed by atoms with Crippen molar-refractivity contribution in [1.29, 1.82) is 0 Å². The lowest BCUT2D eigenvalue weighted by Gasteiger charge is -2.31. The topological polar surface area (TPSA) is 45.6 Å². The molecule has 0 N–H and O–H groups in total. The van der Waals surface area contributed by atoms with Crippen LogP contribution >= 0.6 is 11.6 Å². The zero-order valence-electron chi connectivity index (χ0n) is 18.8. The Morgan fingerprint density at radius 2 is 1.73 bits per heavy atom. The number of carbonyl (C=O) groups excluding carboxylic acids is 2. The zero-order valence-corrected chi connectivity index (χ0v) is 19.5. The molecule has 2 amide bonds. The van der Waals surface area contributed by atoms with Crippen molar-refractivity contribution in [3.05, 3.63) is 58.9 Å². The number of benzene rings is 1. The molecule has 5 nitrogen and oxygen atoms in total. The molecule has 0 unspecified atom stereocenters. The summed E-state index contributed by atoms with van der Waals surface area (Å²) in [6, 6.07) is 11.8. The van der Waals surface area contributed by atoms with E-state index in [0.29, 0.717) is 32.0 Å². The van der Waals surface area contributed by atoms with E-state index in [9.17, 15) is 9.59 Å². The van der Waals surface area contributed by atoms with Crippen LogP contribution < -0.4 is 0 Å². The van der Waals surface area contributed by atoms with Crippen LogP contribution in [0.4, 0.5) is 0 Å². The van der Waals surface area contributed by atoms with E-state index in [1.807, 2.05) is 68.3 Å². The van der Waals surface area contributed by atoms with Gasteiger partial charge in [0.15, 0.2) is 0 Å². The lowest BCUT2D eigenvalue weighted by atomic mass is 10.2. The molecule has 1 heterocycles. The molecule has 0 aliphatic carbocycles. The molecule has 6 heteroatoms. The maximum atomic E-state index is 13.2. The van der Waals surface area contributed by atoms with Gasteiger partial charge in [0.2, 0.25) is 11.8 Å². The van der Waals surface area contributed by atoms with Crippen molar-refractivity contribution in [1.82, 2.24) is 14.4 Å². The van der Waals surface area contributed by atoms with E-state index in [0.717, 1.165) is 16.3 Å². The van der Waals surface area contributed by atoms with Crippen molar-refractivity contribution in [3.8, 4) is 0 Å². The molecule has 0 aliphatic rings. The van der Waals surface area contributed by atoms with Crippen LogP contribution in [0.3, 0.4) is 0 Å². The Balaban J connectivity index is 2.19. The van der Waals surface area contributed by atoms with Crippen molar-refractivity contribution >= 4 is 23.4 Å². The molecule has 0 radical (unpaired) electrons. The van der Waals surface area contributed by atoms with E-state index in [2.05, 4.69) is 18.4 Å². The second-order valence-electron chi connectivity index (χ2n) is 8.36.